The predicted octanol–water partition coefficient (Wildman–Crippen LogP) is 3.23. The second kappa shape index (κ2) is 4.16. The summed E-state index contributed by atoms with van der Waals surface area (Å²) in [5.41, 5.74) is 7.13. The molecule has 0 radical (unpaired) electrons. The summed E-state index contributed by atoms with van der Waals surface area (Å²) in [7, 11) is 0. The van der Waals surface area contributed by atoms with Crippen LogP contribution in [0.4, 0.5) is 4.39 Å². The van der Waals surface area contributed by atoms with E-state index in [1.54, 1.807) is 18.2 Å². The molecule has 0 aliphatic rings. The molecular formula is C11H9BrFNO. The molecule has 1 aromatic carbocycles. The minimum absolute atomic E-state index is 0.321. The second-order valence-electron chi connectivity index (χ2n) is 3.17. The molecule has 0 amide bonds. The Morgan fingerprint density at radius 3 is 2.73 bits per heavy atom. The molecule has 2 rings (SSSR count). The van der Waals surface area contributed by atoms with Crippen LogP contribution < -0.4 is 5.73 Å². The van der Waals surface area contributed by atoms with Gasteiger partial charge in [-0.25, -0.2) is 4.39 Å². The maximum absolute atomic E-state index is 13.6. The highest BCUT2D eigenvalue weighted by molar-refractivity contribution is 9.10. The molecule has 0 aliphatic heterocycles. The van der Waals surface area contributed by atoms with Gasteiger partial charge >= 0.3 is 0 Å². The Bertz CT molecular complexity index is 435. The third-order valence-electron chi connectivity index (χ3n) is 2.21. The number of rotatable bonds is 2. The van der Waals surface area contributed by atoms with Crippen molar-refractivity contribution in [1.82, 2.24) is 0 Å². The summed E-state index contributed by atoms with van der Waals surface area (Å²) in [4.78, 5) is 0. The quantitative estimate of drug-likeness (QED) is 0.909. The number of hydrogen-bond donors (Lipinski definition) is 1. The highest BCUT2D eigenvalue weighted by Gasteiger charge is 2.17. The fraction of sp³-hybridized carbons (Fsp3) is 0.0909. The molecule has 1 atom stereocenters. The lowest BCUT2D eigenvalue weighted by Crippen LogP contribution is -2.13. The highest BCUT2D eigenvalue weighted by atomic mass is 79.9. The number of halogens is 2. The zero-order valence-electron chi connectivity index (χ0n) is 7.78. The summed E-state index contributed by atoms with van der Waals surface area (Å²) in [5.74, 6) is -0.321. The minimum atomic E-state index is -0.515. The number of furan rings is 1. The largest absolute Gasteiger partial charge is 0.472 e. The van der Waals surface area contributed by atoms with Gasteiger partial charge in [0.25, 0.3) is 0 Å². The molecule has 0 saturated heterocycles. The molecular weight excluding hydrogens is 261 g/mol. The standard InChI is InChI=1S/C11H9BrFNO/c12-8-2-1-3-9(13)10(8)11(14)7-4-5-15-6-7/h1-6,11H,14H2. The molecule has 0 aliphatic carbocycles. The zero-order valence-corrected chi connectivity index (χ0v) is 9.37. The van der Waals surface area contributed by atoms with Gasteiger partial charge in [-0.1, -0.05) is 22.0 Å². The number of nitrogens with two attached hydrogens (primary N) is 1. The van der Waals surface area contributed by atoms with Crippen molar-refractivity contribution in [2.75, 3.05) is 0 Å². The molecule has 0 bridgehead atoms. The number of benzene rings is 1. The monoisotopic (exact) mass is 269 g/mol. The van der Waals surface area contributed by atoms with Gasteiger partial charge in [0.2, 0.25) is 0 Å². The molecule has 2 aromatic rings. The SMILES string of the molecule is NC(c1ccoc1)c1c(F)cccc1Br. The fourth-order valence-corrected chi connectivity index (χ4v) is 2.02. The molecule has 4 heteroatoms. The molecule has 0 spiro atoms. The van der Waals surface area contributed by atoms with Gasteiger partial charge in [-0.05, 0) is 18.2 Å². The molecule has 1 unspecified atom stereocenters. The Morgan fingerprint density at radius 1 is 1.33 bits per heavy atom. The lowest BCUT2D eigenvalue weighted by Gasteiger charge is -2.12. The van der Waals surface area contributed by atoms with Gasteiger partial charge < -0.3 is 10.2 Å². The van der Waals surface area contributed by atoms with Crippen molar-refractivity contribution in [3.05, 3.63) is 58.2 Å². The molecule has 78 valence electrons. The summed E-state index contributed by atoms with van der Waals surface area (Å²) < 4.78 is 19.1. The maximum atomic E-state index is 13.6. The van der Waals surface area contributed by atoms with Crippen LogP contribution in [0.5, 0.6) is 0 Å². The van der Waals surface area contributed by atoms with E-state index in [-0.39, 0.29) is 5.82 Å². The lowest BCUT2D eigenvalue weighted by atomic mass is 10.0. The second-order valence-corrected chi connectivity index (χ2v) is 4.02. The fourth-order valence-electron chi connectivity index (χ4n) is 1.43. The van der Waals surface area contributed by atoms with Crippen molar-refractivity contribution in [2.45, 2.75) is 6.04 Å². The average Bonchev–Trinajstić information content (AvgIpc) is 2.69. The van der Waals surface area contributed by atoms with E-state index in [9.17, 15) is 4.39 Å². The third-order valence-corrected chi connectivity index (χ3v) is 2.90. The lowest BCUT2D eigenvalue weighted by molar-refractivity contribution is 0.558. The van der Waals surface area contributed by atoms with Crippen molar-refractivity contribution < 1.29 is 8.81 Å². The smallest absolute Gasteiger partial charge is 0.129 e. The zero-order chi connectivity index (χ0) is 10.8. The Balaban J connectivity index is 2.46. The first-order valence-electron chi connectivity index (χ1n) is 4.41. The molecule has 15 heavy (non-hydrogen) atoms. The number of hydrogen-bond acceptors (Lipinski definition) is 2. The van der Waals surface area contributed by atoms with Gasteiger partial charge in [-0.3, -0.25) is 0 Å². The van der Waals surface area contributed by atoms with Crippen molar-refractivity contribution >= 4 is 15.9 Å². The van der Waals surface area contributed by atoms with E-state index < -0.39 is 6.04 Å². The van der Waals surface area contributed by atoms with Crippen LogP contribution in [0.15, 0.2) is 45.7 Å². The van der Waals surface area contributed by atoms with Crippen LogP contribution in [0.3, 0.4) is 0 Å². The summed E-state index contributed by atoms with van der Waals surface area (Å²) in [6.45, 7) is 0. The molecule has 0 saturated carbocycles. The van der Waals surface area contributed by atoms with Gasteiger partial charge in [0, 0.05) is 15.6 Å². The van der Waals surface area contributed by atoms with E-state index in [0.717, 1.165) is 5.56 Å². The van der Waals surface area contributed by atoms with Crippen LogP contribution in [-0.2, 0) is 0 Å². The van der Waals surface area contributed by atoms with Crippen molar-refractivity contribution in [3.63, 3.8) is 0 Å². The van der Waals surface area contributed by atoms with Gasteiger partial charge in [-0.15, -0.1) is 0 Å². The normalized spacial score (nSPS) is 12.7. The predicted molar refractivity (Wildman–Crippen MR) is 58.8 cm³/mol. The Kier molecular flexibility index (Phi) is 2.88. The Hall–Kier alpha value is -1.13. The van der Waals surface area contributed by atoms with Crippen molar-refractivity contribution in [3.8, 4) is 0 Å². The third kappa shape index (κ3) is 1.96. The maximum Gasteiger partial charge on any atom is 0.129 e. The Morgan fingerprint density at radius 2 is 2.13 bits per heavy atom. The molecule has 2 N–H and O–H groups in total. The summed E-state index contributed by atoms with van der Waals surface area (Å²) in [6.07, 6.45) is 3.04. The summed E-state index contributed by atoms with van der Waals surface area (Å²) in [6, 6.07) is 5.99. The van der Waals surface area contributed by atoms with Crippen LogP contribution in [0.2, 0.25) is 0 Å². The van der Waals surface area contributed by atoms with E-state index in [2.05, 4.69) is 15.9 Å². The summed E-state index contributed by atoms with van der Waals surface area (Å²) in [5, 5.41) is 0. The van der Waals surface area contributed by atoms with E-state index >= 15 is 0 Å². The van der Waals surface area contributed by atoms with E-state index in [4.69, 9.17) is 10.2 Å². The van der Waals surface area contributed by atoms with E-state index in [1.165, 1.54) is 18.6 Å². The van der Waals surface area contributed by atoms with Crippen LogP contribution in [-0.4, -0.2) is 0 Å². The molecule has 1 heterocycles. The van der Waals surface area contributed by atoms with Gasteiger partial charge in [0.15, 0.2) is 0 Å². The van der Waals surface area contributed by atoms with Gasteiger partial charge in [-0.2, -0.15) is 0 Å². The van der Waals surface area contributed by atoms with Gasteiger partial charge in [0.05, 0.1) is 18.6 Å². The van der Waals surface area contributed by atoms with E-state index in [1.807, 2.05) is 0 Å². The van der Waals surface area contributed by atoms with E-state index in [0.29, 0.717) is 10.0 Å². The first-order valence-corrected chi connectivity index (χ1v) is 5.21. The Labute approximate surface area is 95.0 Å². The first-order chi connectivity index (χ1) is 7.20. The van der Waals surface area contributed by atoms with Crippen LogP contribution in [0.25, 0.3) is 0 Å². The van der Waals surface area contributed by atoms with Crippen LogP contribution in [0.1, 0.15) is 17.2 Å². The topological polar surface area (TPSA) is 39.2 Å². The minimum Gasteiger partial charge on any atom is -0.472 e. The first kappa shape index (κ1) is 10.4. The molecule has 2 nitrogen and oxygen atoms in total. The summed E-state index contributed by atoms with van der Waals surface area (Å²) >= 11 is 3.28. The highest BCUT2D eigenvalue weighted by Crippen LogP contribution is 2.29. The van der Waals surface area contributed by atoms with Crippen molar-refractivity contribution in [1.29, 1.82) is 0 Å². The van der Waals surface area contributed by atoms with Gasteiger partial charge in [0.1, 0.15) is 5.82 Å². The van der Waals surface area contributed by atoms with Crippen molar-refractivity contribution in [2.24, 2.45) is 5.73 Å². The molecule has 0 fully saturated rings. The molecule has 1 aromatic heterocycles. The van der Waals surface area contributed by atoms with Crippen LogP contribution >= 0.6 is 15.9 Å². The van der Waals surface area contributed by atoms with Crippen LogP contribution in [0, 0.1) is 5.82 Å². The average molecular weight is 270 g/mol.